The standard InChI is InChI=1S/C28H24ClN5O3S2/c1-18-7-8-24-30-25(32-11-9-31(10-12-32)20-5-2-4-19(29)14-20)22(26(35)33(24)16-18)15-23-27(36)34(28(38)39-23)17-21-6-3-13-37-21/h2-8,13-16H,9-12,17H2,1H3/b23-15-. The fourth-order valence-corrected chi connectivity index (χ4v) is 6.21. The van der Waals surface area contributed by atoms with E-state index in [0.29, 0.717) is 50.1 Å². The number of nitrogens with zero attached hydrogens (tertiary/aromatic N) is 5. The third-order valence-electron chi connectivity index (χ3n) is 6.78. The van der Waals surface area contributed by atoms with Gasteiger partial charge in [0.25, 0.3) is 11.5 Å². The van der Waals surface area contributed by atoms with Crippen molar-refractivity contribution in [2.75, 3.05) is 36.0 Å². The Morgan fingerprint density at radius 1 is 1.08 bits per heavy atom. The molecule has 39 heavy (non-hydrogen) atoms. The normalized spacial score (nSPS) is 17.2. The summed E-state index contributed by atoms with van der Waals surface area (Å²) in [5, 5.41) is 0.695. The van der Waals surface area contributed by atoms with Gasteiger partial charge in [0, 0.05) is 43.1 Å². The molecule has 0 N–H and O–H groups in total. The predicted octanol–water partition coefficient (Wildman–Crippen LogP) is 4.98. The summed E-state index contributed by atoms with van der Waals surface area (Å²) >= 11 is 12.9. The molecule has 1 aromatic carbocycles. The molecule has 5 heterocycles. The quantitative estimate of drug-likeness (QED) is 0.243. The number of hydrogen-bond acceptors (Lipinski definition) is 8. The number of aromatic nitrogens is 2. The molecule has 0 aliphatic carbocycles. The molecule has 8 nitrogen and oxygen atoms in total. The van der Waals surface area contributed by atoms with Crippen LogP contribution in [0.25, 0.3) is 11.7 Å². The summed E-state index contributed by atoms with van der Waals surface area (Å²) in [5.41, 5.74) is 2.69. The molecule has 0 radical (unpaired) electrons. The van der Waals surface area contributed by atoms with Crippen LogP contribution in [-0.2, 0) is 11.3 Å². The largest absolute Gasteiger partial charge is 0.467 e. The Labute approximate surface area is 239 Å². The number of fused-ring (bicyclic) bond motifs is 1. The van der Waals surface area contributed by atoms with Crippen LogP contribution in [0.4, 0.5) is 11.5 Å². The summed E-state index contributed by atoms with van der Waals surface area (Å²) in [6, 6.07) is 15.1. The number of rotatable bonds is 5. The van der Waals surface area contributed by atoms with Crippen molar-refractivity contribution in [3.8, 4) is 0 Å². The first kappa shape index (κ1) is 25.7. The van der Waals surface area contributed by atoms with E-state index in [0.717, 1.165) is 24.3 Å². The second-order valence-corrected chi connectivity index (χ2v) is 11.5. The van der Waals surface area contributed by atoms with Crippen LogP contribution in [0.1, 0.15) is 16.9 Å². The van der Waals surface area contributed by atoms with Crippen molar-refractivity contribution in [3.05, 3.63) is 98.2 Å². The number of benzene rings is 1. The second-order valence-electron chi connectivity index (χ2n) is 9.39. The number of aryl methyl sites for hydroxylation is 1. The Kier molecular flexibility index (Phi) is 6.92. The van der Waals surface area contributed by atoms with Gasteiger partial charge < -0.3 is 14.2 Å². The fraction of sp³-hybridized carbons (Fsp3) is 0.214. The highest BCUT2D eigenvalue weighted by atomic mass is 35.5. The lowest BCUT2D eigenvalue weighted by Crippen LogP contribution is -2.47. The van der Waals surface area contributed by atoms with Gasteiger partial charge in [-0.3, -0.25) is 18.9 Å². The molecule has 2 aliphatic rings. The molecule has 2 fully saturated rings. The highest BCUT2D eigenvalue weighted by Crippen LogP contribution is 2.35. The van der Waals surface area contributed by atoms with E-state index < -0.39 is 0 Å². The molecular weight excluding hydrogens is 554 g/mol. The van der Waals surface area contributed by atoms with Crippen molar-refractivity contribution in [3.63, 3.8) is 0 Å². The number of pyridine rings is 1. The number of amides is 1. The van der Waals surface area contributed by atoms with E-state index in [9.17, 15) is 9.59 Å². The van der Waals surface area contributed by atoms with Crippen molar-refractivity contribution in [2.24, 2.45) is 0 Å². The highest BCUT2D eigenvalue weighted by Gasteiger charge is 2.34. The van der Waals surface area contributed by atoms with E-state index in [1.807, 2.05) is 43.3 Å². The van der Waals surface area contributed by atoms with Crippen LogP contribution in [0.5, 0.6) is 0 Å². The third-order valence-corrected chi connectivity index (χ3v) is 8.39. The smallest absolute Gasteiger partial charge is 0.267 e. The summed E-state index contributed by atoms with van der Waals surface area (Å²) < 4.78 is 7.36. The zero-order valence-electron chi connectivity index (χ0n) is 21.0. The van der Waals surface area contributed by atoms with Crippen molar-refractivity contribution in [1.29, 1.82) is 0 Å². The van der Waals surface area contributed by atoms with E-state index in [2.05, 4.69) is 9.80 Å². The van der Waals surface area contributed by atoms with Crippen LogP contribution in [-0.4, -0.2) is 50.7 Å². The molecule has 0 spiro atoms. The minimum Gasteiger partial charge on any atom is -0.467 e. The van der Waals surface area contributed by atoms with E-state index in [1.165, 1.54) is 21.1 Å². The van der Waals surface area contributed by atoms with E-state index in [4.69, 9.17) is 33.2 Å². The summed E-state index contributed by atoms with van der Waals surface area (Å²) in [7, 11) is 0. The van der Waals surface area contributed by atoms with Crippen molar-refractivity contribution in [2.45, 2.75) is 13.5 Å². The minimum absolute atomic E-state index is 0.229. The number of thiocarbonyl (C=S) groups is 1. The van der Waals surface area contributed by atoms with Gasteiger partial charge in [0.05, 0.1) is 23.3 Å². The van der Waals surface area contributed by atoms with Crippen LogP contribution in [0.2, 0.25) is 5.02 Å². The van der Waals surface area contributed by atoms with Crippen molar-refractivity contribution in [1.82, 2.24) is 14.3 Å². The van der Waals surface area contributed by atoms with Crippen molar-refractivity contribution < 1.29 is 9.21 Å². The summed E-state index contributed by atoms with van der Waals surface area (Å²) in [6.07, 6.45) is 4.97. The Morgan fingerprint density at radius 3 is 2.62 bits per heavy atom. The molecule has 4 aromatic rings. The van der Waals surface area contributed by atoms with Crippen LogP contribution in [0.3, 0.4) is 0 Å². The second kappa shape index (κ2) is 10.5. The average Bonchev–Trinajstić information content (AvgIpc) is 3.54. The Bertz CT molecular complexity index is 1680. The molecule has 0 unspecified atom stereocenters. The van der Waals surface area contributed by atoms with E-state index >= 15 is 0 Å². The molecule has 2 saturated heterocycles. The van der Waals surface area contributed by atoms with E-state index in [-0.39, 0.29) is 18.0 Å². The summed E-state index contributed by atoms with van der Waals surface area (Å²) in [6.45, 7) is 4.94. The van der Waals surface area contributed by atoms with Gasteiger partial charge >= 0.3 is 0 Å². The number of carbonyl (C=O) groups excluding carboxylic acids is 1. The molecule has 0 atom stereocenters. The van der Waals surface area contributed by atoms with E-state index in [1.54, 1.807) is 30.7 Å². The number of anilines is 2. The number of halogens is 1. The molecule has 2 aliphatic heterocycles. The summed E-state index contributed by atoms with van der Waals surface area (Å²) in [4.78, 5) is 38.3. The van der Waals surface area contributed by atoms with Gasteiger partial charge in [-0.15, -0.1) is 0 Å². The highest BCUT2D eigenvalue weighted by molar-refractivity contribution is 8.26. The SMILES string of the molecule is Cc1ccc2nc(N3CCN(c4cccc(Cl)c4)CC3)c(/C=C3\SC(=S)N(Cc4ccco4)C3=O)c(=O)n2c1. The first-order valence-electron chi connectivity index (χ1n) is 12.4. The number of piperazine rings is 1. The van der Waals surface area contributed by atoms with Gasteiger partial charge in [-0.05, 0) is 55.0 Å². The molecule has 11 heteroatoms. The first-order chi connectivity index (χ1) is 18.9. The van der Waals surface area contributed by atoms with Crippen LogP contribution < -0.4 is 15.4 Å². The third kappa shape index (κ3) is 5.07. The number of carbonyl (C=O) groups is 1. The lowest BCUT2D eigenvalue weighted by atomic mass is 10.2. The molecule has 3 aromatic heterocycles. The van der Waals surface area contributed by atoms with Crippen LogP contribution >= 0.6 is 35.6 Å². The number of hydrogen-bond donors (Lipinski definition) is 0. The molecule has 0 bridgehead atoms. The van der Waals surface area contributed by atoms with Gasteiger partial charge in [-0.2, -0.15) is 0 Å². The van der Waals surface area contributed by atoms with Crippen LogP contribution in [0, 0.1) is 6.92 Å². The van der Waals surface area contributed by atoms with Crippen LogP contribution in [0.15, 0.2) is 75.1 Å². The topological polar surface area (TPSA) is 74.3 Å². The zero-order valence-corrected chi connectivity index (χ0v) is 23.4. The van der Waals surface area contributed by atoms with Crippen molar-refractivity contribution >= 4 is 69.0 Å². The number of thioether (sulfide) groups is 1. The Morgan fingerprint density at radius 2 is 1.87 bits per heavy atom. The number of furan rings is 1. The molecule has 6 rings (SSSR count). The van der Waals surface area contributed by atoms with Gasteiger partial charge in [0.1, 0.15) is 21.5 Å². The maximum Gasteiger partial charge on any atom is 0.267 e. The fourth-order valence-electron chi connectivity index (χ4n) is 4.79. The predicted molar refractivity (Wildman–Crippen MR) is 160 cm³/mol. The first-order valence-corrected chi connectivity index (χ1v) is 14.0. The average molecular weight is 578 g/mol. The summed E-state index contributed by atoms with van der Waals surface area (Å²) in [5.74, 6) is 0.937. The van der Waals surface area contributed by atoms with Gasteiger partial charge in [0.2, 0.25) is 0 Å². The molecule has 0 saturated carbocycles. The zero-order chi connectivity index (χ0) is 27.1. The minimum atomic E-state index is -0.258. The lowest BCUT2D eigenvalue weighted by molar-refractivity contribution is -0.122. The van der Waals surface area contributed by atoms with Gasteiger partial charge in [-0.1, -0.05) is 47.7 Å². The maximum absolute atomic E-state index is 13.8. The molecule has 1 amide bonds. The van der Waals surface area contributed by atoms with Gasteiger partial charge in [0.15, 0.2) is 0 Å². The Hall–Kier alpha value is -3.60. The molecular formula is C28H24ClN5O3S2. The van der Waals surface area contributed by atoms with Gasteiger partial charge in [-0.25, -0.2) is 4.98 Å². The lowest BCUT2D eigenvalue weighted by Gasteiger charge is -2.37. The molecule has 198 valence electrons. The Balaban J connectivity index is 1.36. The maximum atomic E-state index is 13.8. The monoisotopic (exact) mass is 577 g/mol.